The summed E-state index contributed by atoms with van der Waals surface area (Å²) in [6.07, 6.45) is 2.16. The zero-order valence-corrected chi connectivity index (χ0v) is 16.7. The van der Waals surface area contributed by atoms with Gasteiger partial charge in [-0.2, -0.15) is 0 Å². The van der Waals surface area contributed by atoms with E-state index < -0.39 is 9.84 Å². The fourth-order valence-electron chi connectivity index (χ4n) is 3.52. The van der Waals surface area contributed by atoms with Gasteiger partial charge in [0.25, 0.3) is 5.91 Å². The van der Waals surface area contributed by atoms with Gasteiger partial charge < -0.3 is 10.2 Å². The first-order valence-electron chi connectivity index (χ1n) is 9.11. The number of rotatable bonds is 5. The van der Waals surface area contributed by atoms with Gasteiger partial charge in [0, 0.05) is 24.5 Å². The van der Waals surface area contributed by atoms with Gasteiger partial charge in [-0.1, -0.05) is 18.2 Å². The second-order valence-corrected chi connectivity index (χ2v) is 9.20. The molecule has 1 aliphatic rings. The Morgan fingerprint density at radius 2 is 1.93 bits per heavy atom. The van der Waals surface area contributed by atoms with Crippen molar-refractivity contribution in [3.05, 3.63) is 53.2 Å². The van der Waals surface area contributed by atoms with E-state index in [9.17, 15) is 13.2 Å². The van der Waals surface area contributed by atoms with E-state index >= 15 is 0 Å². The molecule has 0 saturated carbocycles. The lowest BCUT2D eigenvalue weighted by atomic mass is 10.1. The summed E-state index contributed by atoms with van der Waals surface area (Å²) in [5.74, 6) is 0.878. The first kappa shape index (κ1) is 19.4. The van der Waals surface area contributed by atoms with Crippen LogP contribution < -0.4 is 10.2 Å². The molecule has 1 aromatic heterocycles. The number of pyridine rings is 1. The molecule has 1 unspecified atom stereocenters. The van der Waals surface area contributed by atoms with Crippen LogP contribution in [-0.4, -0.2) is 43.4 Å². The Kier molecular flexibility index (Phi) is 5.51. The van der Waals surface area contributed by atoms with Gasteiger partial charge >= 0.3 is 0 Å². The second-order valence-electron chi connectivity index (χ2n) is 6.97. The summed E-state index contributed by atoms with van der Waals surface area (Å²) in [7, 11) is -2.96. The number of para-hydroxylation sites is 1. The van der Waals surface area contributed by atoms with Crippen molar-refractivity contribution in [2.24, 2.45) is 0 Å². The van der Waals surface area contributed by atoms with Gasteiger partial charge in [-0.15, -0.1) is 0 Å². The van der Waals surface area contributed by atoms with E-state index in [2.05, 4.69) is 10.3 Å². The SMILES string of the molecule is CCN(c1ccc(C(=O)Nc2c(C)cccc2C)cn1)C1CCS(=O)(=O)C1. The molecule has 3 rings (SSSR count). The van der Waals surface area contributed by atoms with Crippen molar-refractivity contribution in [3.63, 3.8) is 0 Å². The van der Waals surface area contributed by atoms with E-state index in [1.54, 1.807) is 18.3 Å². The molecule has 1 aliphatic heterocycles. The highest BCUT2D eigenvalue weighted by Gasteiger charge is 2.32. The minimum atomic E-state index is -2.96. The molecule has 0 bridgehead atoms. The van der Waals surface area contributed by atoms with E-state index in [1.165, 1.54) is 0 Å². The Morgan fingerprint density at radius 3 is 2.44 bits per heavy atom. The first-order chi connectivity index (χ1) is 12.8. The number of hydrogen-bond acceptors (Lipinski definition) is 5. The van der Waals surface area contributed by atoms with Crippen LogP contribution in [0.15, 0.2) is 36.5 Å². The van der Waals surface area contributed by atoms with E-state index in [0.717, 1.165) is 16.8 Å². The van der Waals surface area contributed by atoms with E-state index in [0.29, 0.717) is 24.3 Å². The molecule has 0 aliphatic carbocycles. The van der Waals surface area contributed by atoms with Crippen LogP contribution in [0.3, 0.4) is 0 Å². The maximum atomic E-state index is 12.6. The van der Waals surface area contributed by atoms with Gasteiger partial charge in [-0.3, -0.25) is 4.79 Å². The first-order valence-corrected chi connectivity index (χ1v) is 10.9. The van der Waals surface area contributed by atoms with E-state index in [-0.39, 0.29) is 23.5 Å². The van der Waals surface area contributed by atoms with Crippen LogP contribution in [0, 0.1) is 13.8 Å². The molecule has 1 atom stereocenters. The van der Waals surface area contributed by atoms with Crippen molar-refractivity contribution < 1.29 is 13.2 Å². The van der Waals surface area contributed by atoms with Gasteiger partial charge in [0.1, 0.15) is 5.82 Å². The molecule has 2 heterocycles. The minimum absolute atomic E-state index is 0.0539. The highest BCUT2D eigenvalue weighted by Crippen LogP contribution is 2.24. The van der Waals surface area contributed by atoms with Gasteiger partial charge in [-0.25, -0.2) is 13.4 Å². The Balaban J connectivity index is 1.75. The summed E-state index contributed by atoms with van der Waals surface area (Å²) in [6.45, 7) is 6.56. The molecule has 6 nitrogen and oxygen atoms in total. The maximum Gasteiger partial charge on any atom is 0.257 e. The summed E-state index contributed by atoms with van der Waals surface area (Å²) in [6, 6.07) is 9.34. The fourth-order valence-corrected chi connectivity index (χ4v) is 5.25. The van der Waals surface area contributed by atoms with Crippen LogP contribution in [0.25, 0.3) is 0 Å². The normalized spacial score (nSPS) is 18.3. The van der Waals surface area contributed by atoms with Crippen LogP contribution >= 0.6 is 0 Å². The number of hydrogen-bond donors (Lipinski definition) is 1. The number of benzene rings is 1. The number of amides is 1. The molecular formula is C20H25N3O3S. The smallest absolute Gasteiger partial charge is 0.257 e. The number of carbonyl (C=O) groups excluding carboxylic acids is 1. The molecule has 2 aromatic rings. The van der Waals surface area contributed by atoms with Crippen molar-refractivity contribution in [2.75, 3.05) is 28.3 Å². The number of nitrogens with zero attached hydrogens (tertiary/aromatic N) is 2. The lowest BCUT2D eigenvalue weighted by Gasteiger charge is -2.28. The lowest BCUT2D eigenvalue weighted by Crippen LogP contribution is -2.36. The largest absolute Gasteiger partial charge is 0.353 e. The number of aryl methyl sites for hydroxylation is 2. The summed E-state index contributed by atoms with van der Waals surface area (Å²) in [4.78, 5) is 19.0. The van der Waals surface area contributed by atoms with Gasteiger partial charge in [0.05, 0.1) is 17.1 Å². The summed E-state index contributed by atoms with van der Waals surface area (Å²) in [5.41, 5.74) is 3.30. The molecular weight excluding hydrogens is 362 g/mol. The molecule has 1 fully saturated rings. The molecule has 1 saturated heterocycles. The van der Waals surface area contributed by atoms with Crippen molar-refractivity contribution in [3.8, 4) is 0 Å². The second kappa shape index (κ2) is 7.68. The van der Waals surface area contributed by atoms with Crippen LogP contribution in [0.4, 0.5) is 11.5 Å². The zero-order valence-electron chi connectivity index (χ0n) is 15.9. The molecule has 1 amide bonds. The molecule has 1 N–H and O–H groups in total. The number of nitrogens with one attached hydrogen (secondary N) is 1. The van der Waals surface area contributed by atoms with Crippen LogP contribution in [0.1, 0.15) is 34.8 Å². The zero-order chi connectivity index (χ0) is 19.6. The van der Waals surface area contributed by atoms with Crippen LogP contribution in [0.2, 0.25) is 0 Å². The topological polar surface area (TPSA) is 79.4 Å². The predicted molar refractivity (Wildman–Crippen MR) is 108 cm³/mol. The fraction of sp³-hybridized carbons (Fsp3) is 0.400. The van der Waals surface area contributed by atoms with Gasteiger partial charge in [0.15, 0.2) is 9.84 Å². The highest BCUT2D eigenvalue weighted by molar-refractivity contribution is 7.91. The average Bonchev–Trinajstić information content (AvgIpc) is 2.99. The summed E-state index contributed by atoms with van der Waals surface area (Å²) < 4.78 is 23.5. The molecule has 144 valence electrons. The van der Waals surface area contributed by atoms with Crippen LogP contribution in [-0.2, 0) is 9.84 Å². The third-order valence-electron chi connectivity index (χ3n) is 5.01. The van der Waals surface area contributed by atoms with Crippen molar-refractivity contribution in [2.45, 2.75) is 33.2 Å². The monoisotopic (exact) mass is 387 g/mol. The maximum absolute atomic E-state index is 12.6. The van der Waals surface area contributed by atoms with Crippen molar-refractivity contribution >= 4 is 27.2 Å². The van der Waals surface area contributed by atoms with E-state index in [4.69, 9.17) is 0 Å². The minimum Gasteiger partial charge on any atom is -0.353 e. The number of anilines is 2. The predicted octanol–water partition coefficient (Wildman–Crippen LogP) is 2.96. The average molecular weight is 388 g/mol. The van der Waals surface area contributed by atoms with Gasteiger partial charge in [0.2, 0.25) is 0 Å². The number of carbonyl (C=O) groups is 1. The number of aromatic nitrogens is 1. The lowest BCUT2D eigenvalue weighted by molar-refractivity contribution is 0.102. The Morgan fingerprint density at radius 1 is 1.22 bits per heavy atom. The molecule has 7 heteroatoms. The molecule has 0 spiro atoms. The molecule has 1 aromatic carbocycles. The van der Waals surface area contributed by atoms with Crippen molar-refractivity contribution in [1.82, 2.24) is 4.98 Å². The highest BCUT2D eigenvalue weighted by atomic mass is 32.2. The quantitative estimate of drug-likeness (QED) is 0.853. The summed E-state index contributed by atoms with van der Waals surface area (Å²) >= 11 is 0. The molecule has 0 radical (unpaired) electrons. The third kappa shape index (κ3) is 4.30. The number of sulfone groups is 1. The Hall–Kier alpha value is -2.41. The Labute approximate surface area is 160 Å². The van der Waals surface area contributed by atoms with Crippen LogP contribution in [0.5, 0.6) is 0 Å². The summed E-state index contributed by atoms with van der Waals surface area (Å²) in [5, 5.41) is 2.95. The van der Waals surface area contributed by atoms with Crippen molar-refractivity contribution in [1.29, 1.82) is 0 Å². The molecule has 27 heavy (non-hydrogen) atoms. The van der Waals surface area contributed by atoms with E-state index in [1.807, 2.05) is 43.9 Å². The Bertz CT molecular complexity index is 919. The third-order valence-corrected chi connectivity index (χ3v) is 6.76. The van der Waals surface area contributed by atoms with Gasteiger partial charge in [-0.05, 0) is 50.5 Å². The standard InChI is InChI=1S/C20H25N3O3S/c1-4-23(17-10-11-27(25,26)13-17)18-9-8-16(12-21-18)20(24)22-19-14(2)6-5-7-15(19)3/h5-9,12,17H,4,10-11,13H2,1-3H3,(H,22,24).